The number of pyridine rings is 1. The normalized spacial score (nSPS) is 11.0. The molecule has 110 valence electrons. The average Bonchev–Trinajstić information content (AvgIpc) is 2.64. The summed E-state index contributed by atoms with van der Waals surface area (Å²) in [4.78, 5) is 4.44. The van der Waals surface area contributed by atoms with Crippen LogP contribution in [-0.2, 0) is 0 Å². The van der Waals surface area contributed by atoms with Crippen LogP contribution in [0.1, 0.15) is 0 Å². The SMILES string of the molecule is c1ccc([As](c2ccccc2)c2ccc3ncccc3c2)cc1. The van der Waals surface area contributed by atoms with E-state index in [-0.39, 0.29) is 0 Å². The molecule has 0 unspecified atom stereocenters. The van der Waals surface area contributed by atoms with Crippen molar-refractivity contribution >= 4 is 38.6 Å². The molecule has 0 radical (unpaired) electrons. The molecular formula is C21H16AsN. The summed E-state index contributed by atoms with van der Waals surface area (Å²) in [7, 11) is 0. The number of hydrogen-bond acceptors (Lipinski definition) is 1. The van der Waals surface area contributed by atoms with Gasteiger partial charge in [0.1, 0.15) is 0 Å². The van der Waals surface area contributed by atoms with Gasteiger partial charge in [0.2, 0.25) is 0 Å². The van der Waals surface area contributed by atoms with Gasteiger partial charge in [0.25, 0.3) is 0 Å². The Labute approximate surface area is 140 Å². The van der Waals surface area contributed by atoms with Gasteiger partial charge in [-0.25, -0.2) is 0 Å². The predicted octanol–water partition coefficient (Wildman–Crippen LogP) is 2.75. The second-order valence-electron chi connectivity index (χ2n) is 5.39. The Bertz CT molecular complexity index is 880. The van der Waals surface area contributed by atoms with E-state index in [1.54, 1.807) is 0 Å². The molecule has 0 bridgehead atoms. The van der Waals surface area contributed by atoms with Crippen molar-refractivity contribution in [3.63, 3.8) is 0 Å². The van der Waals surface area contributed by atoms with Crippen LogP contribution in [0.2, 0.25) is 0 Å². The minimum atomic E-state index is -1.53. The summed E-state index contributed by atoms with van der Waals surface area (Å²) < 4.78 is 4.35. The quantitative estimate of drug-likeness (QED) is 0.514. The average molecular weight is 357 g/mol. The molecule has 0 fully saturated rings. The van der Waals surface area contributed by atoms with Crippen molar-refractivity contribution in [2.45, 2.75) is 0 Å². The summed E-state index contributed by atoms with van der Waals surface area (Å²) in [5, 5.41) is 1.22. The van der Waals surface area contributed by atoms with Crippen LogP contribution in [0.5, 0.6) is 0 Å². The Morgan fingerprint density at radius 2 is 1.22 bits per heavy atom. The van der Waals surface area contributed by atoms with Crippen molar-refractivity contribution < 1.29 is 0 Å². The zero-order chi connectivity index (χ0) is 15.5. The summed E-state index contributed by atoms with van der Waals surface area (Å²) in [5.74, 6) is 0. The van der Waals surface area contributed by atoms with Crippen LogP contribution in [0.15, 0.2) is 97.2 Å². The molecule has 0 spiro atoms. The number of hydrogen-bond donors (Lipinski definition) is 0. The first-order valence-electron chi connectivity index (χ1n) is 7.67. The van der Waals surface area contributed by atoms with Crippen LogP contribution >= 0.6 is 0 Å². The predicted molar refractivity (Wildman–Crippen MR) is 99.3 cm³/mol. The fourth-order valence-corrected chi connectivity index (χ4v) is 7.69. The van der Waals surface area contributed by atoms with Crippen LogP contribution in [0.3, 0.4) is 0 Å². The number of aromatic nitrogens is 1. The molecule has 23 heavy (non-hydrogen) atoms. The summed E-state index contributed by atoms with van der Waals surface area (Å²) >= 11 is -1.53. The summed E-state index contributed by atoms with van der Waals surface area (Å²) in [6, 6.07) is 32.7. The van der Waals surface area contributed by atoms with Crippen molar-refractivity contribution in [1.29, 1.82) is 0 Å². The van der Waals surface area contributed by atoms with Crippen molar-refractivity contribution in [2.75, 3.05) is 0 Å². The van der Waals surface area contributed by atoms with Crippen molar-refractivity contribution in [1.82, 2.24) is 4.98 Å². The fraction of sp³-hybridized carbons (Fsp3) is 0. The van der Waals surface area contributed by atoms with Gasteiger partial charge in [-0.2, -0.15) is 0 Å². The van der Waals surface area contributed by atoms with Crippen molar-refractivity contribution in [3.8, 4) is 0 Å². The molecule has 3 aromatic carbocycles. The molecule has 0 aliphatic carbocycles. The van der Waals surface area contributed by atoms with E-state index in [9.17, 15) is 0 Å². The number of fused-ring (bicyclic) bond motifs is 1. The first-order valence-corrected chi connectivity index (χ1v) is 10.5. The van der Waals surface area contributed by atoms with Gasteiger partial charge >= 0.3 is 141 Å². The van der Waals surface area contributed by atoms with Gasteiger partial charge < -0.3 is 0 Å². The van der Waals surface area contributed by atoms with E-state index in [0.717, 1.165) is 5.52 Å². The Morgan fingerprint density at radius 3 is 1.87 bits per heavy atom. The Hall–Kier alpha value is -2.37. The maximum atomic E-state index is 4.44. The second-order valence-corrected chi connectivity index (χ2v) is 10.0. The van der Waals surface area contributed by atoms with E-state index >= 15 is 0 Å². The standard InChI is InChI=1S/C21H16AsN/c1-3-9-18(10-4-1)22(19-11-5-2-6-12-19)20-13-14-21-17(16-20)8-7-15-23-21/h1-16H. The van der Waals surface area contributed by atoms with Gasteiger partial charge in [0.05, 0.1) is 0 Å². The molecule has 0 aliphatic heterocycles. The van der Waals surface area contributed by atoms with Gasteiger partial charge in [0, 0.05) is 0 Å². The number of nitrogens with zero attached hydrogens (tertiary/aromatic N) is 1. The van der Waals surface area contributed by atoms with Crippen LogP contribution in [0.4, 0.5) is 0 Å². The zero-order valence-corrected chi connectivity index (χ0v) is 14.5. The van der Waals surface area contributed by atoms with Gasteiger partial charge in [-0.05, 0) is 0 Å². The molecule has 1 heterocycles. The Kier molecular flexibility index (Phi) is 3.96. The Morgan fingerprint density at radius 1 is 0.565 bits per heavy atom. The van der Waals surface area contributed by atoms with Gasteiger partial charge in [-0.15, -0.1) is 0 Å². The molecule has 0 atom stereocenters. The molecule has 0 saturated heterocycles. The molecule has 0 N–H and O–H groups in total. The van der Waals surface area contributed by atoms with Crippen LogP contribution in [0.25, 0.3) is 10.9 Å². The zero-order valence-electron chi connectivity index (χ0n) is 12.6. The van der Waals surface area contributed by atoms with Crippen molar-refractivity contribution in [2.24, 2.45) is 0 Å². The molecule has 0 saturated carbocycles. The number of rotatable bonds is 3. The van der Waals surface area contributed by atoms with E-state index in [1.807, 2.05) is 12.3 Å². The summed E-state index contributed by atoms with van der Waals surface area (Å²) in [5.41, 5.74) is 1.06. The van der Waals surface area contributed by atoms with Gasteiger partial charge in [0.15, 0.2) is 0 Å². The molecule has 0 amide bonds. The third-order valence-electron chi connectivity index (χ3n) is 3.87. The van der Waals surface area contributed by atoms with E-state index in [4.69, 9.17) is 0 Å². The van der Waals surface area contributed by atoms with Crippen LogP contribution < -0.4 is 13.1 Å². The van der Waals surface area contributed by atoms with E-state index < -0.39 is 14.7 Å². The fourth-order valence-electron chi connectivity index (χ4n) is 2.80. The van der Waals surface area contributed by atoms with Gasteiger partial charge in [-0.3, -0.25) is 0 Å². The number of benzene rings is 3. The molecule has 0 aliphatic rings. The third kappa shape index (κ3) is 2.93. The molecule has 4 aromatic rings. The monoisotopic (exact) mass is 357 g/mol. The van der Waals surface area contributed by atoms with Crippen molar-refractivity contribution in [3.05, 3.63) is 97.2 Å². The van der Waals surface area contributed by atoms with Crippen LogP contribution in [-0.4, -0.2) is 19.6 Å². The van der Waals surface area contributed by atoms with E-state index in [2.05, 4.69) is 89.9 Å². The summed E-state index contributed by atoms with van der Waals surface area (Å²) in [6.07, 6.45) is 1.85. The molecule has 1 nitrogen and oxygen atoms in total. The second kappa shape index (κ2) is 6.40. The molecule has 4 rings (SSSR count). The molecular weight excluding hydrogens is 341 g/mol. The third-order valence-corrected chi connectivity index (χ3v) is 8.96. The Balaban J connectivity index is 1.90. The minimum absolute atomic E-state index is 1.06. The van der Waals surface area contributed by atoms with Crippen LogP contribution in [0, 0.1) is 0 Å². The van der Waals surface area contributed by atoms with Gasteiger partial charge in [-0.1, -0.05) is 0 Å². The maximum absolute atomic E-state index is 4.44. The first kappa shape index (κ1) is 14.2. The van der Waals surface area contributed by atoms with E-state index in [0.29, 0.717) is 0 Å². The first-order chi connectivity index (χ1) is 11.4. The molecule has 1 aromatic heterocycles. The summed E-state index contributed by atoms with van der Waals surface area (Å²) in [6.45, 7) is 0. The van der Waals surface area contributed by atoms with E-state index in [1.165, 1.54) is 18.4 Å². The molecule has 2 heteroatoms. The topological polar surface area (TPSA) is 12.9 Å².